The zero-order valence-corrected chi connectivity index (χ0v) is 9.41. The van der Waals surface area contributed by atoms with Gasteiger partial charge in [-0.25, -0.2) is 0 Å². The minimum absolute atomic E-state index is 0.0579. The number of hydrogen-bond acceptors (Lipinski definition) is 4. The number of carbonyl (C=O) groups excluding carboxylic acids is 3. The highest BCUT2D eigenvalue weighted by Gasteiger charge is 2.52. The van der Waals surface area contributed by atoms with Gasteiger partial charge in [0, 0.05) is 6.42 Å². The van der Waals surface area contributed by atoms with Gasteiger partial charge in [-0.3, -0.25) is 14.4 Å². The summed E-state index contributed by atoms with van der Waals surface area (Å²) in [5, 5.41) is 2.54. The third-order valence-corrected chi connectivity index (χ3v) is 2.91. The molecule has 16 heavy (non-hydrogen) atoms. The summed E-state index contributed by atoms with van der Waals surface area (Å²) < 4.78 is 4.88. The van der Waals surface area contributed by atoms with Crippen LogP contribution in [0.5, 0.6) is 0 Å². The number of ether oxygens (including phenoxy) is 1. The SMILES string of the molecule is C=CCOC(=O)C(C)(C(C)=O)C1CC(=O)N1. The van der Waals surface area contributed by atoms with Crippen molar-refractivity contribution in [2.24, 2.45) is 5.41 Å². The lowest BCUT2D eigenvalue weighted by Crippen LogP contribution is -2.62. The summed E-state index contributed by atoms with van der Waals surface area (Å²) in [5.41, 5.74) is -1.29. The van der Waals surface area contributed by atoms with E-state index in [4.69, 9.17) is 4.74 Å². The van der Waals surface area contributed by atoms with Gasteiger partial charge in [0.1, 0.15) is 17.8 Å². The Hall–Kier alpha value is -1.65. The summed E-state index contributed by atoms with van der Waals surface area (Å²) in [4.78, 5) is 34.1. The second kappa shape index (κ2) is 4.47. The third-order valence-electron chi connectivity index (χ3n) is 2.91. The molecule has 0 aliphatic carbocycles. The predicted molar refractivity (Wildman–Crippen MR) is 56.5 cm³/mol. The molecule has 2 atom stereocenters. The summed E-state index contributed by atoms with van der Waals surface area (Å²) in [6.45, 7) is 6.29. The smallest absolute Gasteiger partial charge is 0.321 e. The van der Waals surface area contributed by atoms with Crippen molar-refractivity contribution in [1.29, 1.82) is 0 Å². The number of esters is 1. The maximum Gasteiger partial charge on any atom is 0.321 e. The highest BCUT2D eigenvalue weighted by molar-refractivity contribution is 6.05. The van der Waals surface area contributed by atoms with Crippen LogP contribution in [-0.4, -0.2) is 30.3 Å². The standard InChI is InChI=1S/C11H15NO4/c1-4-5-16-10(15)11(3,7(2)13)8-6-9(14)12-8/h4,8H,1,5-6H2,2-3H3,(H,12,14). The second-order valence-corrected chi connectivity index (χ2v) is 3.97. The molecule has 88 valence electrons. The number of amides is 1. The zero-order chi connectivity index (χ0) is 12.3. The van der Waals surface area contributed by atoms with Crippen LogP contribution >= 0.6 is 0 Å². The van der Waals surface area contributed by atoms with Crippen LogP contribution in [-0.2, 0) is 19.1 Å². The molecule has 1 saturated heterocycles. The summed E-state index contributed by atoms with van der Waals surface area (Å²) in [7, 11) is 0. The van der Waals surface area contributed by atoms with Crippen molar-refractivity contribution in [3.05, 3.63) is 12.7 Å². The van der Waals surface area contributed by atoms with Crippen LogP contribution in [0.2, 0.25) is 0 Å². The van der Waals surface area contributed by atoms with Crippen molar-refractivity contribution >= 4 is 17.7 Å². The molecule has 0 aromatic heterocycles. The molecule has 5 heteroatoms. The van der Waals surface area contributed by atoms with Gasteiger partial charge >= 0.3 is 5.97 Å². The molecule has 0 saturated carbocycles. The number of carbonyl (C=O) groups is 3. The topological polar surface area (TPSA) is 72.5 Å². The molecule has 1 rings (SSSR count). The minimum atomic E-state index is -1.29. The van der Waals surface area contributed by atoms with Crippen molar-refractivity contribution in [1.82, 2.24) is 5.32 Å². The van der Waals surface area contributed by atoms with Gasteiger partial charge in [0.05, 0.1) is 6.04 Å². The molecule has 0 aromatic rings. The monoisotopic (exact) mass is 225 g/mol. The number of hydrogen-bond donors (Lipinski definition) is 1. The Balaban J connectivity index is 2.79. The molecule has 1 amide bonds. The summed E-state index contributed by atoms with van der Waals surface area (Å²) >= 11 is 0. The van der Waals surface area contributed by atoms with Crippen LogP contribution in [0.3, 0.4) is 0 Å². The minimum Gasteiger partial charge on any atom is -0.461 e. The largest absolute Gasteiger partial charge is 0.461 e. The van der Waals surface area contributed by atoms with Crippen molar-refractivity contribution in [3.8, 4) is 0 Å². The highest BCUT2D eigenvalue weighted by atomic mass is 16.5. The maximum absolute atomic E-state index is 11.8. The Morgan fingerprint density at radius 2 is 2.25 bits per heavy atom. The Kier molecular flexibility index (Phi) is 3.47. The number of rotatable bonds is 5. The van der Waals surface area contributed by atoms with Gasteiger partial charge in [-0.2, -0.15) is 0 Å². The normalized spacial score (nSPS) is 22.4. The second-order valence-electron chi connectivity index (χ2n) is 3.97. The number of ketones is 1. The molecule has 1 heterocycles. The first-order valence-electron chi connectivity index (χ1n) is 5.01. The van der Waals surface area contributed by atoms with E-state index in [2.05, 4.69) is 11.9 Å². The molecule has 1 aliphatic rings. The van der Waals surface area contributed by atoms with Crippen LogP contribution in [0, 0.1) is 5.41 Å². The molecule has 0 radical (unpaired) electrons. The van der Waals surface area contributed by atoms with Crippen molar-refractivity contribution in [3.63, 3.8) is 0 Å². The van der Waals surface area contributed by atoms with Crippen molar-refractivity contribution < 1.29 is 19.1 Å². The van der Waals surface area contributed by atoms with Crippen molar-refractivity contribution in [2.45, 2.75) is 26.3 Å². The molecule has 5 nitrogen and oxygen atoms in total. The van der Waals surface area contributed by atoms with Gasteiger partial charge in [0.2, 0.25) is 5.91 Å². The molecule has 0 bridgehead atoms. The van der Waals surface area contributed by atoms with Crippen LogP contribution < -0.4 is 5.32 Å². The number of Topliss-reactive ketones (excluding diaryl/α,β-unsaturated/α-hetero) is 1. The molecule has 0 spiro atoms. The van der Waals surface area contributed by atoms with Gasteiger partial charge in [-0.15, -0.1) is 0 Å². The first-order chi connectivity index (χ1) is 7.42. The fourth-order valence-electron chi connectivity index (χ4n) is 1.52. The van der Waals surface area contributed by atoms with Gasteiger partial charge < -0.3 is 10.1 Å². The lowest BCUT2D eigenvalue weighted by Gasteiger charge is -2.39. The number of nitrogens with one attached hydrogen (secondary N) is 1. The number of β-lactam (4-membered cyclic amide) rings is 1. The Morgan fingerprint density at radius 3 is 2.62 bits per heavy atom. The van der Waals surface area contributed by atoms with Crippen LogP contribution in [0.25, 0.3) is 0 Å². The van der Waals surface area contributed by atoms with E-state index in [1.54, 1.807) is 0 Å². The lowest BCUT2D eigenvalue weighted by molar-refractivity contribution is -0.162. The molecule has 2 unspecified atom stereocenters. The molecule has 1 aliphatic heterocycles. The highest BCUT2D eigenvalue weighted by Crippen LogP contribution is 2.31. The predicted octanol–water partition coefficient (Wildman–Crippen LogP) is 0.199. The summed E-state index contributed by atoms with van der Waals surface area (Å²) in [6.07, 6.45) is 1.61. The van der Waals surface area contributed by atoms with E-state index in [1.165, 1.54) is 19.9 Å². The van der Waals surface area contributed by atoms with Crippen LogP contribution in [0.15, 0.2) is 12.7 Å². The zero-order valence-electron chi connectivity index (χ0n) is 9.41. The lowest BCUT2D eigenvalue weighted by atomic mass is 9.74. The van der Waals surface area contributed by atoms with E-state index in [9.17, 15) is 14.4 Å². The summed E-state index contributed by atoms with van der Waals surface area (Å²) in [6, 6.07) is -0.463. The van der Waals surface area contributed by atoms with E-state index in [-0.39, 0.29) is 24.7 Å². The Morgan fingerprint density at radius 1 is 1.69 bits per heavy atom. The van der Waals surface area contributed by atoms with Gasteiger partial charge in [-0.05, 0) is 13.8 Å². The van der Waals surface area contributed by atoms with Crippen LogP contribution in [0.1, 0.15) is 20.3 Å². The molecular weight excluding hydrogens is 210 g/mol. The Labute approximate surface area is 93.8 Å². The van der Waals surface area contributed by atoms with Gasteiger partial charge in [0.25, 0.3) is 0 Å². The first kappa shape index (κ1) is 12.4. The Bertz CT molecular complexity index is 342. The first-order valence-corrected chi connectivity index (χ1v) is 5.01. The van der Waals surface area contributed by atoms with Crippen molar-refractivity contribution in [2.75, 3.05) is 6.61 Å². The molecule has 1 fully saturated rings. The molecule has 1 N–H and O–H groups in total. The van der Waals surface area contributed by atoms with E-state index in [0.717, 1.165) is 0 Å². The van der Waals surface area contributed by atoms with Gasteiger partial charge in [0.15, 0.2) is 0 Å². The average Bonchev–Trinajstić information content (AvgIpc) is 2.19. The van der Waals surface area contributed by atoms with E-state index < -0.39 is 17.4 Å². The van der Waals surface area contributed by atoms with Gasteiger partial charge in [-0.1, -0.05) is 12.7 Å². The quantitative estimate of drug-likeness (QED) is 0.314. The van der Waals surface area contributed by atoms with E-state index in [1.807, 2.05) is 0 Å². The fourth-order valence-corrected chi connectivity index (χ4v) is 1.52. The summed E-state index contributed by atoms with van der Waals surface area (Å²) in [5.74, 6) is -1.09. The van der Waals surface area contributed by atoms with E-state index in [0.29, 0.717) is 0 Å². The maximum atomic E-state index is 11.8. The van der Waals surface area contributed by atoms with Crippen LogP contribution in [0.4, 0.5) is 0 Å². The molecular formula is C11H15NO4. The average molecular weight is 225 g/mol. The molecule has 0 aromatic carbocycles. The fraction of sp³-hybridized carbons (Fsp3) is 0.545. The van der Waals surface area contributed by atoms with E-state index >= 15 is 0 Å². The third kappa shape index (κ3) is 1.98.